The van der Waals surface area contributed by atoms with Gasteiger partial charge in [0, 0.05) is 113 Å². The molecule has 0 N–H and O–H groups in total. The van der Waals surface area contributed by atoms with Gasteiger partial charge in [0.25, 0.3) is 33.4 Å². The molecule has 18 nitrogen and oxygen atoms in total. The first kappa shape index (κ1) is 75.1. The van der Waals surface area contributed by atoms with Gasteiger partial charge in [0.1, 0.15) is 0 Å². The van der Waals surface area contributed by atoms with Gasteiger partial charge in [-0.05, 0) is 114 Å². The number of rotatable bonds is 6. The zero-order chi connectivity index (χ0) is 60.8. The largest absolute Gasteiger partial charge is 3.00 e. The fourth-order valence-electron chi connectivity index (χ4n) is 9.05. The van der Waals surface area contributed by atoms with Gasteiger partial charge in [0.15, 0.2) is 0 Å². The molecule has 6 aromatic heterocycles. The molecule has 0 radical (unpaired) electrons. The van der Waals surface area contributed by atoms with E-state index in [1.54, 1.807) is 64.5 Å². The second-order valence-electron chi connectivity index (χ2n) is 19.8. The summed E-state index contributed by atoms with van der Waals surface area (Å²) in [6, 6.07) is 67.5. The van der Waals surface area contributed by atoms with Crippen LogP contribution in [0.15, 0.2) is 247 Å². The second kappa shape index (κ2) is 35.2. The topological polar surface area (TPSA) is 162 Å². The Kier molecular flexibility index (Phi) is 30.0. The predicted octanol–water partition coefficient (Wildman–Crippen LogP) is -0.0815. The number of nitrogens with zero attached hydrogens (tertiary/aromatic N) is 12. The van der Waals surface area contributed by atoms with Crippen molar-refractivity contribution >= 4 is 0 Å². The van der Waals surface area contributed by atoms with Crippen LogP contribution in [0.3, 0.4) is 0 Å². The molecule has 12 aromatic rings. The van der Waals surface area contributed by atoms with E-state index in [0.717, 1.165) is 68.3 Å². The Morgan fingerprint density at radius 3 is 0.386 bits per heavy atom. The monoisotopic (exact) mass is 1670 g/mol. The normalized spacial score (nSPS) is 9.95. The van der Waals surface area contributed by atoms with Gasteiger partial charge in [-0.2, -0.15) is 0 Å². The van der Waals surface area contributed by atoms with Crippen molar-refractivity contribution in [3.05, 3.63) is 315 Å². The molecule has 0 amide bonds. The van der Waals surface area contributed by atoms with Crippen molar-refractivity contribution in [2.24, 2.45) is 42.3 Å². The maximum absolute atomic E-state index is 11.6. The number of benzene rings is 6. The summed E-state index contributed by atoms with van der Waals surface area (Å²) in [5, 5.41) is 0. The molecule has 22 heteroatoms. The minimum absolute atomic E-state index is 0. The minimum Gasteiger partial charge on any atom is -1.00 e. The van der Waals surface area contributed by atoms with Gasteiger partial charge in [-0.25, -0.2) is 28.1 Å². The van der Waals surface area contributed by atoms with Crippen LogP contribution in [0.25, 0.3) is 34.1 Å². The maximum atomic E-state index is 11.6. The number of para-hydroxylation sites is 6. The zero-order valence-corrected chi connectivity index (χ0v) is 59.7. The fourth-order valence-corrected chi connectivity index (χ4v) is 9.05. The van der Waals surface area contributed by atoms with Crippen LogP contribution in [0.1, 0.15) is 34.2 Å². The fraction of sp³-hybridized carbons (Fsp3) is 0.182. The minimum atomic E-state index is 0. The number of aromatic nitrogens is 12. The molecule has 88 heavy (non-hydrogen) atoms. The quantitative estimate of drug-likeness (QED) is 0.212. The van der Waals surface area contributed by atoms with Gasteiger partial charge in [0.05, 0.1) is 34.1 Å². The molecule has 6 aromatic carbocycles. The molecule has 0 spiro atoms. The molecule has 12 rings (SSSR count). The smallest absolute Gasteiger partial charge is 1.00 e. The molecule has 0 bridgehead atoms. The van der Waals surface area contributed by atoms with Gasteiger partial charge in [-0.3, -0.25) is 56.9 Å². The summed E-state index contributed by atoms with van der Waals surface area (Å²) in [6.07, 6.45) is 0. The first-order valence-electron chi connectivity index (χ1n) is 27.1. The molecule has 0 aliphatic carbocycles. The number of halogens is 3. The van der Waals surface area contributed by atoms with E-state index in [1.165, 1.54) is 0 Å². The van der Waals surface area contributed by atoms with Crippen molar-refractivity contribution in [3.8, 4) is 34.1 Å². The van der Waals surface area contributed by atoms with E-state index in [4.69, 9.17) is 0 Å². The van der Waals surface area contributed by atoms with Crippen LogP contribution >= 0.6 is 0 Å². The van der Waals surface area contributed by atoms with Crippen LogP contribution in [0, 0.1) is 80.2 Å². The first-order chi connectivity index (χ1) is 40.2. The Balaban J connectivity index is 0.000000274. The van der Waals surface area contributed by atoms with Crippen molar-refractivity contribution < 1.29 is 111 Å². The second-order valence-corrected chi connectivity index (χ2v) is 19.8. The summed E-state index contributed by atoms with van der Waals surface area (Å²) in [4.78, 5) is 69.6. The van der Waals surface area contributed by atoms with E-state index in [-0.39, 0.29) is 144 Å². The summed E-state index contributed by atoms with van der Waals surface area (Å²) in [5.74, 6) is 0. The van der Waals surface area contributed by atoms with Crippen LogP contribution in [-0.2, 0) is 42.3 Å². The SMILES string of the molecule is Cc1cc(=O)n(-c2ccccc2)n1C.Cc1cc(=O)n(-c2ccccc2)n1C.Cc1cc(=O)n(-c2ccccc2)n1C.Cc1cc(=O)n(-c2ccccc2)n1C.Cc1cc(=O)n(-c2ccccc2)n1C.Cc1cc(=O)n(-c2ccccc2)n1C.[I-].[I-].[I-].[Tb+3]. The van der Waals surface area contributed by atoms with Crippen LogP contribution in [0.2, 0.25) is 0 Å². The molecular weight excluding hydrogens is 1600 g/mol. The number of hydrogen-bond acceptors (Lipinski definition) is 6. The van der Waals surface area contributed by atoms with Gasteiger partial charge in [0.2, 0.25) is 0 Å². The molecule has 0 aliphatic rings. The molecule has 0 saturated carbocycles. The molecule has 0 unspecified atom stereocenters. The first-order valence-corrected chi connectivity index (χ1v) is 27.1. The van der Waals surface area contributed by atoms with Crippen LogP contribution in [0.4, 0.5) is 0 Å². The third kappa shape index (κ3) is 18.5. The summed E-state index contributed by atoms with van der Waals surface area (Å²) in [5.41, 5.74) is 11.2. The predicted molar refractivity (Wildman–Crippen MR) is 334 cm³/mol. The zero-order valence-electron chi connectivity index (χ0n) is 51.1. The Morgan fingerprint density at radius 1 is 0.205 bits per heavy atom. The van der Waals surface area contributed by atoms with Gasteiger partial charge in [-0.1, -0.05) is 109 Å². The summed E-state index contributed by atoms with van der Waals surface area (Å²) < 4.78 is 21.0. The van der Waals surface area contributed by atoms with E-state index >= 15 is 0 Å². The standard InChI is InChI=1S/6C11H12N2O.3HI.Tb/c6*1-9-8-11(14)13(12(9)2)10-6-4-3-5-7-10;;;;/h6*3-8H,1-2H3;3*1H;/q;;;;;;;;;+3/p-3. The average molecular weight is 1670 g/mol. The van der Waals surface area contributed by atoms with E-state index in [2.05, 4.69) is 0 Å². The Bertz CT molecular complexity index is 3730. The Hall–Kier alpha value is -7.14. The number of aryl methyl sites for hydroxylation is 6. The Morgan fingerprint density at radius 2 is 0.307 bits per heavy atom. The van der Waals surface area contributed by atoms with Crippen molar-refractivity contribution in [1.29, 1.82) is 0 Å². The summed E-state index contributed by atoms with van der Waals surface area (Å²) >= 11 is 0. The summed E-state index contributed by atoms with van der Waals surface area (Å²) in [6.45, 7) is 11.5. The summed E-state index contributed by atoms with van der Waals surface area (Å²) in [7, 11) is 11.3. The molecule has 6 heterocycles. The third-order valence-electron chi connectivity index (χ3n) is 14.1. The Labute approximate surface area is 593 Å². The molecular formula is C66H72I3N12O6Tb. The average Bonchev–Trinajstić information content (AvgIpc) is 3.52. The van der Waals surface area contributed by atoms with E-state index in [1.807, 2.05) is 294 Å². The van der Waals surface area contributed by atoms with E-state index < -0.39 is 0 Å². The van der Waals surface area contributed by atoms with Crippen molar-refractivity contribution in [2.75, 3.05) is 0 Å². The molecule has 0 saturated heterocycles. The van der Waals surface area contributed by atoms with Crippen molar-refractivity contribution in [3.63, 3.8) is 0 Å². The van der Waals surface area contributed by atoms with Crippen molar-refractivity contribution in [2.45, 2.75) is 41.5 Å². The van der Waals surface area contributed by atoms with Crippen LogP contribution < -0.4 is 105 Å². The van der Waals surface area contributed by atoms with E-state index in [9.17, 15) is 28.8 Å². The van der Waals surface area contributed by atoms with Gasteiger partial charge in [-0.15, -0.1) is 0 Å². The number of hydrogen-bond donors (Lipinski definition) is 0. The van der Waals surface area contributed by atoms with E-state index in [0.29, 0.717) is 0 Å². The molecule has 462 valence electrons. The van der Waals surface area contributed by atoms with Gasteiger partial charge >= 0.3 is 38.6 Å². The molecule has 0 fully saturated rings. The molecule has 0 aliphatic heterocycles. The van der Waals surface area contributed by atoms with Crippen molar-refractivity contribution in [1.82, 2.24) is 56.2 Å². The molecule has 0 atom stereocenters. The van der Waals surface area contributed by atoms with Gasteiger partial charge < -0.3 is 71.9 Å². The van der Waals surface area contributed by atoms with Crippen LogP contribution in [0.5, 0.6) is 0 Å². The maximum Gasteiger partial charge on any atom is 3.00 e. The third-order valence-corrected chi connectivity index (χ3v) is 14.1. The van der Waals surface area contributed by atoms with Crippen LogP contribution in [-0.4, -0.2) is 56.2 Å².